The summed E-state index contributed by atoms with van der Waals surface area (Å²) in [4.78, 5) is 30.0. The molecule has 3 heterocycles. The predicted molar refractivity (Wildman–Crippen MR) is 112 cm³/mol. The second kappa shape index (κ2) is 8.97. The van der Waals surface area contributed by atoms with E-state index in [1.54, 1.807) is 16.7 Å². The zero-order valence-corrected chi connectivity index (χ0v) is 17.3. The number of hydrogen-bond acceptors (Lipinski definition) is 6. The number of fused-ring (bicyclic) bond motifs is 2. The number of aromatic nitrogens is 4. The van der Waals surface area contributed by atoms with E-state index in [-0.39, 0.29) is 29.7 Å². The maximum atomic E-state index is 13.2. The number of ether oxygens (including phenoxy) is 1. The van der Waals surface area contributed by atoms with Gasteiger partial charge >= 0.3 is 0 Å². The molecular weight excluding hydrogens is 409 g/mol. The van der Waals surface area contributed by atoms with Gasteiger partial charge in [0.25, 0.3) is 5.56 Å². The van der Waals surface area contributed by atoms with Gasteiger partial charge in [0.1, 0.15) is 11.2 Å². The molecule has 1 aliphatic rings. The van der Waals surface area contributed by atoms with Gasteiger partial charge in [-0.15, -0.1) is 0 Å². The van der Waals surface area contributed by atoms with Crippen molar-refractivity contribution in [2.75, 3.05) is 25.5 Å². The second-order valence-corrected chi connectivity index (χ2v) is 7.90. The van der Waals surface area contributed by atoms with Gasteiger partial charge in [0, 0.05) is 31.9 Å². The lowest BCUT2D eigenvalue weighted by Crippen LogP contribution is -2.31. The molecule has 0 saturated carbocycles. The highest BCUT2D eigenvalue weighted by Crippen LogP contribution is 2.33. The third-order valence-electron chi connectivity index (χ3n) is 4.85. The molecule has 0 bridgehead atoms. The number of amides is 1. The Kier molecular flexibility index (Phi) is 6.14. The molecule has 1 aliphatic heterocycles. The molecule has 2 aromatic heterocycles. The van der Waals surface area contributed by atoms with Gasteiger partial charge in [0.15, 0.2) is 10.8 Å². The van der Waals surface area contributed by atoms with Crippen LogP contribution in [0, 0.1) is 5.82 Å². The van der Waals surface area contributed by atoms with Crippen molar-refractivity contribution in [3.63, 3.8) is 0 Å². The van der Waals surface area contributed by atoms with Gasteiger partial charge in [-0.2, -0.15) is 5.10 Å². The highest BCUT2D eigenvalue weighted by molar-refractivity contribution is 7.99. The summed E-state index contributed by atoms with van der Waals surface area (Å²) in [5.74, 6) is 0.156. The van der Waals surface area contributed by atoms with E-state index in [1.165, 1.54) is 34.8 Å². The Bertz CT molecular complexity index is 1110. The minimum atomic E-state index is -0.348. The van der Waals surface area contributed by atoms with Crippen molar-refractivity contribution in [1.82, 2.24) is 24.6 Å². The van der Waals surface area contributed by atoms with Crippen molar-refractivity contribution in [2.24, 2.45) is 0 Å². The highest BCUT2D eigenvalue weighted by atomic mass is 32.2. The molecule has 30 heavy (non-hydrogen) atoms. The fraction of sp³-hybridized carbons (Fsp3) is 0.400. The van der Waals surface area contributed by atoms with E-state index in [0.717, 1.165) is 6.42 Å². The lowest BCUT2D eigenvalue weighted by Gasteiger charge is -2.13. The average Bonchev–Trinajstić information content (AvgIpc) is 3.34. The molecule has 3 aromatic rings. The lowest BCUT2D eigenvalue weighted by molar-refractivity contribution is -0.121. The monoisotopic (exact) mass is 431 g/mol. The van der Waals surface area contributed by atoms with Crippen LogP contribution in [0.25, 0.3) is 16.7 Å². The molecule has 10 heteroatoms. The summed E-state index contributed by atoms with van der Waals surface area (Å²) in [6.07, 6.45) is 2.43. The van der Waals surface area contributed by atoms with Crippen LogP contribution in [0.15, 0.2) is 40.4 Å². The summed E-state index contributed by atoms with van der Waals surface area (Å²) < 4.78 is 21.6. The number of nitrogens with zero attached hydrogens (tertiary/aromatic N) is 4. The number of rotatable bonds is 8. The first-order valence-corrected chi connectivity index (χ1v) is 10.8. The van der Waals surface area contributed by atoms with E-state index < -0.39 is 0 Å². The lowest BCUT2D eigenvalue weighted by atomic mass is 10.2. The zero-order chi connectivity index (χ0) is 21.1. The molecule has 158 valence electrons. The van der Waals surface area contributed by atoms with E-state index in [1.807, 2.05) is 6.92 Å². The van der Waals surface area contributed by atoms with Crippen molar-refractivity contribution in [3.8, 4) is 5.69 Å². The largest absolute Gasteiger partial charge is 0.382 e. The Morgan fingerprint density at radius 2 is 2.17 bits per heavy atom. The van der Waals surface area contributed by atoms with Crippen LogP contribution in [0.5, 0.6) is 0 Å². The number of carbonyl (C=O) groups excluding carboxylic acids is 1. The predicted octanol–water partition coefficient (Wildman–Crippen LogP) is 2.30. The molecule has 1 unspecified atom stereocenters. The summed E-state index contributed by atoms with van der Waals surface area (Å²) in [5.41, 5.74) is 0.822. The van der Waals surface area contributed by atoms with Gasteiger partial charge in [-0.05, 0) is 37.6 Å². The summed E-state index contributed by atoms with van der Waals surface area (Å²) in [6, 6.07) is 5.58. The smallest absolute Gasteiger partial charge is 0.265 e. The van der Waals surface area contributed by atoms with Crippen molar-refractivity contribution < 1.29 is 13.9 Å². The fourth-order valence-corrected chi connectivity index (χ4v) is 4.52. The van der Waals surface area contributed by atoms with Crippen LogP contribution in [0.2, 0.25) is 0 Å². The van der Waals surface area contributed by atoms with E-state index in [0.29, 0.717) is 47.4 Å². The number of carbonyl (C=O) groups is 1. The number of benzene rings is 1. The first-order chi connectivity index (χ1) is 14.6. The third kappa shape index (κ3) is 4.10. The van der Waals surface area contributed by atoms with Crippen LogP contribution in [-0.4, -0.2) is 50.8 Å². The van der Waals surface area contributed by atoms with Crippen LogP contribution >= 0.6 is 11.8 Å². The van der Waals surface area contributed by atoms with Crippen LogP contribution in [-0.2, 0) is 9.53 Å². The molecule has 1 aromatic carbocycles. The minimum Gasteiger partial charge on any atom is -0.382 e. The summed E-state index contributed by atoms with van der Waals surface area (Å²) >= 11 is 1.44. The zero-order valence-electron chi connectivity index (χ0n) is 16.5. The van der Waals surface area contributed by atoms with E-state index in [2.05, 4.69) is 15.4 Å². The number of thioether (sulfide) groups is 1. The average molecular weight is 431 g/mol. The number of hydrogen-bond donors (Lipinski definition) is 1. The Morgan fingerprint density at radius 1 is 1.37 bits per heavy atom. The van der Waals surface area contributed by atoms with E-state index in [9.17, 15) is 14.0 Å². The van der Waals surface area contributed by atoms with Crippen LogP contribution in [0.1, 0.15) is 25.8 Å². The maximum absolute atomic E-state index is 13.2. The van der Waals surface area contributed by atoms with Crippen LogP contribution in [0.4, 0.5) is 4.39 Å². The SMILES string of the molecule is CCOCCCNC(=O)CC1CSc2nc3c(cnn3-c3ccc(F)cc3)c(=O)n21. The molecule has 1 N–H and O–H groups in total. The Morgan fingerprint density at radius 3 is 2.93 bits per heavy atom. The first-order valence-electron chi connectivity index (χ1n) is 9.82. The Balaban J connectivity index is 1.53. The molecule has 1 atom stereocenters. The van der Waals surface area contributed by atoms with Gasteiger partial charge in [-0.3, -0.25) is 14.2 Å². The van der Waals surface area contributed by atoms with Gasteiger partial charge in [0.05, 0.1) is 17.9 Å². The third-order valence-corrected chi connectivity index (χ3v) is 5.95. The summed E-state index contributed by atoms with van der Waals surface area (Å²) in [6.45, 7) is 3.74. The first kappa shape index (κ1) is 20.5. The Hall–Kier alpha value is -2.72. The van der Waals surface area contributed by atoms with Crippen molar-refractivity contribution in [1.29, 1.82) is 0 Å². The molecule has 8 nitrogen and oxygen atoms in total. The van der Waals surface area contributed by atoms with Gasteiger partial charge in [-0.25, -0.2) is 14.1 Å². The molecule has 0 radical (unpaired) electrons. The van der Waals surface area contributed by atoms with Gasteiger partial charge in [0.2, 0.25) is 5.91 Å². The number of halogens is 1. The van der Waals surface area contributed by atoms with E-state index >= 15 is 0 Å². The molecular formula is C20H22FN5O3S. The Labute approximate surface area is 176 Å². The molecule has 0 fully saturated rings. The van der Waals surface area contributed by atoms with Crippen molar-refractivity contribution in [2.45, 2.75) is 31.0 Å². The van der Waals surface area contributed by atoms with Crippen molar-refractivity contribution >= 4 is 28.7 Å². The van der Waals surface area contributed by atoms with Gasteiger partial charge < -0.3 is 10.1 Å². The minimum absolute atomic E-state index is 0.0982. The molecule has 4 rings (SSSR count). The van der Waals surface area contributed by atoms with Crippen LogP contribution in [0.3, 0.4) is 0 Å². The topological polar surface area (TPSA) is 91.0 Å². The maximum Gasteiger partial charge on any atom is 0.265 e. The second-order valence-electron chi connectivity index (χ2n) is 6.91. The standard InChI is InChI=1S/C20H22FN5O3S/c1-2-29-9-3-8-22-17(27)10-15-12-30-20-24-18-16(19(28)25(15)20)11-23-26(18)14-6-4-13(21)5-7-14/h4-7,11,15H,2-3,8-10,12H2,1H3,(H,22,27). The fourth-order valence-electron chi connectivity index (χ4n) is 3.38. The highest BCUT2D eigenvalue weighted by Gasteiger charge is 2.29. The van der Waals surface area contributed by atoms with Crippen LogP contribution < -0.4 is 10.9 Å². The quantitative estimate of drug-likeness (QED) is 0.435. The molecule has 1 amide bonds. The molecule has 0 aliphatic carbocycles. The van der Waals surface area contributed by atoms with Crippen molar-refractivity contribution in [3.05, 3.63) is 46.6 Å². The summed E-state index contributed by atoms with van der Waals surface area (Å²) in [5, 5.41) is 8.07. The van der Waals surface area contributed by atoms with Gasteiger partial charge in [-0.1, -0.05) is 11.8 Å². The number of nitrogens with one attached hydrogen (secondary N) is 1. The molecule has 0 spiro atoms. The van der Waals surface area contributed by atoms with E-state index in [4.69, 9.17) is 4.74 Å². The molecule has 0 saturated heterocycles. The normalized spacial score (nSPS) is 15.5. The summed E-state index contributed by atoms with van der Waals surface area (Å²) in [7, 11) is 0.